The largest absolute Gasteiger partial charge is 0.506 e. The number of aliphatic hydroxyl groups excluding tert-OH is 1. The van der Waals surface area contributed by atoms with Gasteiger partial charge >= 0.3 is 0 Å². The number of ether oxygens (including phenoxy) is 3. The van der Waals surface area contributed by atoms with E-state index in [1.807, 2.05) is 33.8 Å². The summed E-state index contributed by atoms with van der Waals surface area (Å²) in [5.74, 6) is -0.213. The third-order valence-corrected chi connectivity index (χ3v) is 5.82. The van der Waals surface area contributed by atoms with Crippen molar-refractivity contribution in [3.63, 3.8) is 0 Å². The number of carbonyl (C=O) groups is 1. The van der Waals surface area contributed by atoms with E-state index in [1.54, 1.807) is 18.2 Å². The van der Waals surface area contributed by atoms with Crippen molar-refractivity contribution in [2.45, 2.75) is 51.9 Å². The van der Waals surface area contributed by atoms with Crippen LogP contribution < -0.4 is 14.2 Å². The van der Waals surface area contributed by atoms with Crippen molar-refractivity contribution in [1.82, 2.24) is 0 Å². The van der Waals surface area contributed by atoms with Crippen LogP contribution >= 0.6 is 0 Å². The third-order valence-electron chi connectivity index (χ3n) is 5.82. The number of allylic oxidation sites excluding steroid dienone is 2. The van der Waals surface area contributed by atoms with Gasteiger partial charge in [-0.25, -0.2) is 0 Å². The number of fused-ring (bicyclic) bond motifs is 2. The van der Waals surface area contributed by atoms with Crippen LogP contribution in [0.15, 0.2) is 35.9 Å². The molecular formula is C26H28O7. The van der Waals surface area contributed by atoms with Crippen molar-refractivity contribution >= 4 is 11.9 Å². The molecule has 7 heteroatoms. The van der Waals surface area contributed by atoms with E-state index in [1.165, 1.54) is 19.2 Å². The Labute approximate surface area is 192 Å². The lowest BCUT2D eigenvalue weighted by Crippen LogP contribution is -2.37. The Morgan fingerprint density at radius 2 is 1.94 bits per heavy atom. The summed E-state index contributed by atoms with van der Waals surface area (Å²) in [5, 5.41) is 32.0. The smallest absolute Gasteiger partial charge is 0.202 e. The van der Waals surface area contributed by atoms with Gasteiger partial charge in [-0.15, -0.1) is 0 Å². The number of hydrogen-bond acceptors (Lipinski definition) is 7. The van der Waals surface area contributed by atoms with Crippen molar-refractivity contribution < 1.29 is 34.3 Å². The standard InChI is InChI=1S/C26H28O7/c1-13(2)6-8-16-24-15(10-11-26(3,4)33-24)20(28)19-21(29)22(30)23(32-25(16)19)14-7-9-18(31-5)17(27)12-14/h6-7,9-12,22-23,27-28,30H,8H2,1-5H3/t22-,23+/m0/s1. The van der Waals surface area contributed by atoms with Gasteiger partial charge in [-0.3, -0.25) is 4.79 Å². The minimum absolute atomic E-state index is 0.0691. The predicted molar refractivity (Wildman–Crippen MR) is 123 cm³/mol. The molecule has 0 radical (unpaired) electrons. The lowest BCUT2D eigenvalue weighted by Gasteiger charge is -2.36. The summed E-state index contributed by atoms with van der Waals surface area (Å²) in [6.07, 6.45) is 3.26. The number of aromatic hydroxyl groups is 2. The first-order chi connectivity index (χ1) is 15.5. The van der Waals surface area contributed by atoms with Crippen molar-refractivity contribution in [3.05, 3.63) is 58.2 Å². The van der Waals surface area contributed by atoms with Crippen LogP contribution in [0.25, 0.3) is 6.08 Å². The summed E-state index contributed by atoms with van der Waals surface area (Å²) in [6, 6.07) is 4.54. The van der Waals surface area contributed by atoms with Gasteiger partial charge in [0.2, 0.25) is 5.78 Å². The number of benzene rings is 2. The first kappa shape index (κ1) is 22.7. The molecule has 0 saturated carbocycles. The molecule has 4 rings (SSSR count). The fourth-order valence-electron chi connectivity index (χ4n) is 4.08. The Kier molecular flexibility index (Phi) is 5.62. The zero-order valence-corrected chi connectivity index (χ0v) is 19.3. The third kappa shape index (κ3) is 3.93. The highest BCUT2D eigenvalue weighted by molar-refractivity contribution is 6.07. The fraction of sp³-hybridized carbons (Fsp3) is 0.346. The minimum atomic E-state index is -1.57. The Hall–Kier alpha value is -3.45. The van der Waals surface area contributed by atoms with Gasteiger partial charge in [-0.1, -0.05) is 17.7 Å². The van der Waals surface area contributed by atoms with Gasteiger partial charge < -0.3 is 29.5 Å². The summed E-state index contributed by atoms with van der Waals surface area (Å²) in [7, 11) is 1.43. The molecule has 0 bridgehead atoms. The molecule has 2 atom stereocenters. The molecule has 3 N–H and O–H groups in total. The first-order valence-corrected chi connectivity index (χ1v) is 10.7. The molecule has 7 nitrogen and oxygen atoms in total. The van der Waals surface area contributed by atoms with E-state index >= 15 is 0 Å². The van der Waals surface area contributed by atoms with Crippen molar-refractivity contribution in [2.24, 2.45) is 0 Å². The first-order valence-electron chi connectivity index (χ1n) is 10.7. The molecule has 0 aliphatic carbocycles. The lowest BCUT2D eigenvalue weighted by atomic mass is 9.87. The topological polar surface area (TPSA) is 105 Å². The highest BCUT2D eigenvalue weighted by Crippen LogP contribution is 2.51. The van der Waals surface area contributed by atoms with E-state index in [4.69, 9.17) is 14.2 Å². The zero-order valence-electron chi connectivity index (χ0n) is 19.3. The van der Waals surface area contributed by atoms with E-state index in [2.05, 4.69) is 0 Å². The van der Waals surface area contributed by atoms with E-state index in [0.717, 1.165) is 5.57 Å². The van der Waals surface area contributed by atoms with E-state index in [9.17, 15) is 20.1 Å². The average Bonchev–Trinajstić information content (AvgIpc) is 2.74. The molecule has 0 amide bonds. The van der Waals surface area contributed by atoms with Crippen LogP contribution in [0.5, 0.6) is 28.7 Å². The highest BCUT2D eigenvalue weighted by atomic mass is 16.5. The van der Waals surface area contributed by atoms with Crippen molar-refractivity contribution in [1.29, 1.82) is 0 Å². The second kappa shape index (κ2) is 8.15. The quantitative estimate of drug-likeness (QED) is 0.588. The molecule has 33 heavy (non-hydrogen) atoms. The number of phenols is 2. The van der Waals surface area contributed by atoms with Crippen LogP contribution in [0.3, 0.4) is 0 Å². The van der Waals surface area contributed by atoms with Gasteiger partial charge in [0.15, 0.2) is 23.7 Å². The van der Waals surface area contributed by atoms with Crippen LogP contribution in [0.4, 0.5) is 0 Å². The summed E-state index contributed by atoms with van der Waals surface area (Å²) in [5.41, 5.74) is 1.77. The van der Waals surface area contributed by atoms with Crippen LogP contribution in [-0.2, 0) is 6.42 Å². The van der Waals surface area contributed by atoms with Gasteiger partial charge in [0.25, 0.3) is 0 Å². The zero-order chi connectivity index (χ0) is 24.1. The molecule has 0 unspecified atom stereocenters. The van der Waals surface area contributed by atoms with E-state index in [0.29, 0.717) is 28.9 Å². The van der Waals surface area contributed by atoms with Gasteiger partial charge in [0, 0.05) is 5.56 Å². The number of rotatable bonds is 4. The number of ketones is 1. The molecule has 174 valence electrons. The van der Waals surface area contributed by atoms with Gasteiger partial charge in [0.1, 0.15) is 28.4 Å². The molecule has 0 saturated heterocycles. The molecule has 2 heterocycles. The van der Waals surface area contributed by atoms with E-state index in [-0.39, 0.29) is 28.6 Å². The summed E-state index contributed by atoms with van der Waals surface area (Å²) >= 11 is 0. The number of hydrogen-bond donors (Lipinski definition) is 3. The average molecular weight is 453 g/mol. The molecule has 2 aliphatic heterocycles. The predicted octanol–water partition coefficient (Wildman–Crippen LogP) is 4.48. The van der Waals surface area contributed by atoms with Gasteiger partial charge in [-0.2, -0.15) is 0 Å². The van der Waals surface area contributed by atoms with Crippen LogP contribution in [0.1, 0.15) is 60.8 Å². The Balaban J connectivity index is 1.92. The molecular weight excluding hydrogens is 424 g/mol. The summed E-state index contributed by atoms with van der Waals surface area (Å²) in [6.45, 7) is 7.71. The molecule has 0 fully saturated rings. The molecule has 2 aromatic rings. The molecule has 0 spiro atoms. The minimum Gasteiger partial charge on any atom is -0.506 e. The fourth-order valence-corrected chi connectivity index (χ4v) is 4.08. The highest BCUT2D eigenvalue weighted by Gasteiger charge is 2.43. The maximum atomic E-state index is 13.3. The Morgan fingerprint density at radius 3 is 2.58 bits per heavy atom. The summed E-state index contributed by atoms with van der Waals surface area (Å²) in [4.78, 5) is 13.3. The lowest BCUT2D eigenvalue weighted by molar-refractivity contribution is 0.0203. The maximum absolute atomic E-state index is 13.3. The van der Waals surface area contributed by atoms with Crippen molar-refractivity contribution in [2.75, 3.05) is 7.11 Å². The Morgan fingerprint density at radius 1 is 1.21 bits per heavy atom. The number of aliphatic hydroxyl groups is 1. The van der Waals surface area contributed by atoms with Gasteiger partial charge in [0.05, 0.1) is 12.7 Å². The SMILES string of the molecule is COc1ccc([C@H]2Oc3c(CC=C(C)C)c4c(c(O)c3C(=O)[C@@H]2O)C=CC(C)(C)O4)cc1O. The Bertz CT molecular complexity index is 1190. The number of Topliss-reactive ketones (excluding diaryl/α,β-unsaturated/α-hetero) is 1. The number of carbonyl (C=O) groups excluding carboxylic acids is 1. The second-order valence-corrected chi connectivity index (χ2v) is 9.08. The van der Waals surface area contributed by atoms with Crippen molar-refractivity contribution in [3.8, 4) is 28.7 Å². The summed E-state index contributed by atoms with van der Waals surface area (Å²) < 4.78 is 17.5. The van der Waals surface area contributed by atoms with Crippen LogP contribution in [-0.4, -0.2) is 39.9 Å². The molecule has 0 aromatic heterocycles. The monoisotopic (exact) mass is 452 g/mol. The maximum Gasteiger partial charge on any atom is 0.202 e. The number of phenolic OH excluding ortho intramolecular Hbond substituents is 2. The number of methoxy groups -OCH3 is 1. The van der Waals surface area contributed by atoms with Crippen LogP contribution in [0.2, 0.25) is 0 Å². The van der Waals surface area contributed by atoms with E-state index < -0.39 is 23.6 Å². The van der Waals surface area contributed by atoms with Gasteiger partial charge in [-0.05, 0) is 64.0 Å². The van der Waals surface area contributed by atoms with Crippen LogP contribution in [0, 0.1) is 0 Å². The normalized spacial score (nSPS) is 20.2. The molecule has 2 aliphatic rings. The second-order valence-electron chi connectivity index (χ2n) is 9.08. The molecule has 2 aromatic carbocycles.